The van der Waals surface area contributed by atoms with Crippen molar-refractivity contribution in [3.8, 4) is 0 Å². The van der Waals surface area contributed by atoms with Crippen LogP contribution in [0, 0.1) is 11.6 Å². The molecule has 0 aromatic heterocycles. The molecule has 0 saturated heterocycles. The molecule has 24 heavy (non-hydrogen) atoms. The van der Waals surface area contributed by atoms with Crippen LogP contribution >= 0.6 is 11.8 Å². The summed E-state index contributed by atoms with van der Waals surface area (Å²) in [6.45, 7) is -0.208. The molecule has 0 spiro atoms. The van der Waals surface area contributed by atoms with E-state index in [2.05, 4.69) is 5.32 Å². The quantitative estimate of drug-likeness (QED) is 0.841. The Morgan fingerprint density at radius 2 is 1.83 bits per heavy atom. The van der Waals surface area contributed by atoms with Crippen molar-refractivity contribution in [2.24, 2.45) is 0 Å². The predicted octanol–water partition coefficient (Wildman–Crippen LogP) is 3.40. The zero-order chi connectivity index (χ0) is 17.7. The lowest BCUT2D eigenvalue weighted by Gasteiger charge is -2.17. The van der Waals surface area contributed by atoms with Gasteiger partial charge >= 0.3 is 0 Å². The molecule has 0 bridgehead atoms. The van der Waals surface area contributed by atoms with E-state index < -0.39 is 17.5 Å². The summed E-state index contributed by atoms with van der Waals surface area (Å²) in [5.41, 5.74) is 0.636. The number of carbonyl (C=O) groups excluding carboxylic acids is 2. The first-order chi connectivity index (χ1) is 11.4. The second-order valence-electron chi connectivity index (χ2n) is 5.04. The van der Waals surface area contributed by atoms with Crippen LogP contribution in [0.3, 0.4) is 0 Å². The summed E-state index contributed by atoms with van der Waals surface area (Å²) in [5, 5.41) is 2.73. The molecule has 0 heterocycles. The van der Waals surface area contributed by atoms with Crippen molar-refractivity contribution in [2.75, 3.05) is 25.2 Å². The number of rotatable bonds is 5. The first kappa shape index (κ1) is 17.9. The average molecular weight is 350 g/mol. The Balaban J connectivity index is 2.02. The molecule has 2 aromatic rings. The summed E-state index contributed by atoms with van der Waals surface area (Å²) in [5.74, 6) is -3.08. The van der Waals surface area contributed by atoms with Crippen LogP contribution in [0.25, 0.3) is 0 Å². The van der Waals surface area contributed by atoms with Crippen LogP contribution in [0.2, 0.25) is 0 Å². The van der Waals surface area contributed by atoms with Crippen molar-refractivity contribution in [1.29, 1.82) is 0 Å². The van der Waals surface area contributed by atoms with Gasteiger partial charge in [-0.05, 0) is 36.6 Å². The van der Waals surface area contributed by atoms with Crippen molar-refractivity contribution in [1.82, 2.24) is 4.90 Å². The second-order valence-corrected chi connectivity index (χ2v) is 5.89. The highest BCUT2D eigenvalue weighted by Crippen LogP contribution is 2.24. The highest BCUT2D eigenvalue weighted by molar-refractivity contribution is 7.98. The van der Waals surface area contributed by atoms with Crippen molar-refractivity contribution < 1.29 is 18.4 Å². The lowest BCUT2D eigenvalue weighted by atomic mass is 10.2. The van der Waals surface area contributed by atoms with Gasteiger partial charge in [0.1, 0.15) is 0 Å². The number of para-hydroxylation sites is 1. The smallest absolute Gasteiger partial charge is 0.254 e. The monoisotopic (exact) mass is 350 g/mol. The third-order valence-electron chi connectivity index (χ3n) is 3.28. The third-order valence-corrected chi connectivity index (χ3v) is 4.07. The molecule has 0 aliphatic carbocycles. The number of hydrogen-bond donors (Lipinski definition) is 1. The SMILES string of the molecule is CSc1ccccc1NC(=O)CN(C)C(=O)c1ccc(F)c(F)c1. The topological polar surface area (TPSA) is 49.4 Å². The van der Waals surface area contributed by atoms with E-state index in [9.17, 15) is 18.4 Å². The van der Waals surface area contributed by atoms with Crippen LogP contribution in [-0.2, 0) is 4.79 Å². The molecule has 0 aliphatic rings. The van der Waals surface area contributed by atoms with Crippen LogP contribution in [0.4, 0.5) is 14.5 Å². The molecule has 2 aromatic carbocycles. The summed E-state index contributed by atoms with van der Waals surface area (Å²) in [4.78, 5) is 26.3. The van der Waals surface area contributed by atoms with E-state index in [1.165, 1.54) is 24.9 Å². The zero-order valence-corrected chi connectivity index (χ0v) is 14.0. The molecule has 0 unspecified atom stereocenters. The lowest BCUT2D eigenvalue weighted by molar-refractivity contribution is -0.116. The van der Waals surface area contributed by atoms with Gasteiger partial charge in [0, 0.05) is 17.5 Å². The fourth-order valence-electron chi connectivity index (χ4n) is 2.07. The number of hydrogen-bond acceptors (Lipinski definition) is 3. The minimum absolute atomic E-state index is 0.0197. The van der Waals surface area contributed by atoms with Crippen molar-refractivity contribution in [3.63, 3.8) is 0 Å². The Labute approximate surface area is 142 Å². The maximum absolute atomic E-state index is 13.2. The molecule has 126 valence electrons. The molecule has 0 aliphatic heterocycles. The number of anilines is 1. The van der Waals surface area contributed by atoms with Gasteiger partial charge in [-0.25, -0.2) is 8.78 Å². The number of nitrogens with one attached hydrogen (secondary N) is 1. The molecule has 4 nitrogen and oxygen atoms in total. The van der Waals surface area contributed by atoms with Crippen molar-refractivity contribution in [3.05, 3.63) is 59.7 Å². The third kappa shape index (κ3) is 4.32. The normalized spacial score (nSPS) is 10.3. The van der Waals surface area contributed by atoms with E-state index in [0.717, 1.165) is 21.9 Å². The summed E-state index contributed by atoms with van der Waals surface area (Å²) in [6.07, 6.45) is 1.89. The Kier molecular flexibility index (Phi) is 5.92. The zero-order valence-electron chi connectivity index (χ0n) is 13.2. The first-order valence-corrected chi connectivity index (χ1v) is 8.28. The molecule has 2 amide bonds. The minimum atomic E-state index is -1.10. The standard InChI is InChI=1S/C17H16F2N2O2S/c1-21(17(23)11-7-8-12(18)13(19)9-11)10-16(22)20-14-5-3-4-6-15(14)24-2/h3-9H,10H2,1-2H3,(H,20,22). The van der Waals surface area contributed by atoms with Crippen molar-refractivity contribution >= 4 is 29.3 Å². The van der Waals surface area contributed by atoms with Crippen molar-refractivity contribution in [2.45, 2.75) is 4.90 Å². The molecule has 7 heteroatoms. The van der Waals surface area contributed by atoms with Crippen LogP contribution in [0.1, 0.15) is 10.4 Å². The second kappa shape index (κ2) is 7.92. The number of benzene rings is 2. The molecule has 0 fully saturated rings. The highest BCUT2D eigenvalue weighted by Gasteiger charge is 2.17. The molecule has 0 radical (unpaired) electrons. The lowest BCUT2D eigenvalue weighted by Crippen LogP contribution is -2.35. The first-order valence-electron chi connectivity index (χ1n) is 7.05. The van der Waals surface area contributed by atoms with Crippen LogP contribution in [0.5, 0.6) is 0 Å². The minimum Gasteiger partial charge on any atom is -0.332 e. The summed E-state index contributed by atoms with van der Waals surface area (Å²) >= 11 is 1.49. The average Bonchev–Trinajstić information content (AvgIpc) is 2.57. The number of carbonyl (C=O) groups is 2. The van der Waals surface area contributed by atoms with Gasteiger partial charge in [0.25, 0.3) is 5.91 Å². The highest BCUT2D eigenvalue weighted by atomic mass is 32.2. The van der Waals surface area contributed by atoms with Gasteiger partial charge in [-0.2, -0.15) is 0 Å². The Morgan fingerprint density at radius 1 is 1.12 bits per heavy atom. The van der Waals surface area contributed by atoms with E-state index >= 15 is 0 Å². The number of likely N-dealkylation sites (N-methyl/N-ethyl adjacent to an activating group) is 1. The summed E-state index contributed by atoms with van der Waals surface area (Å²) in [6, 6.07) is 10.2. The molecule has 2 rings (SSSR count). The van der Waals surface area contributed by atoms with Crippen LogP contribution in [0.15, 0.2) is 47.4 Å². The van der Waals surface area contributed by atoms with E-state index in [-0.39, 0.29) is 18.0 Å². The van der Waals surface area contributed by atoms with Gasteiger partial charge in [0.2, 0.25) is 5.91 Å². The van der Waals surface area contributed by atoms with E-state index in [1.54, 1.807) is 12.1 Å². The van der Waals surface area contributed by atoms with E-state index in [4.69, 9.17) is 0 Å². The molecular formula is C17H16F2N2O2S. The fraction of sp³-hybridized carbons (Fsp3) is 0.176. The van der Waals surface area contributed by atoms with Crippen LogP contribution < -0.4 is 5.32 Å². The van der Waals surface area contributed by atoms with Gasteiger partial charge < -0.3 is 10.2 Å². The molecule has 1 N–H and O–H groups in total. The summed E-state index contributed by atoms with van der Waals surface area (Å²) in [7, 11) is 1.42. The Morgan fingerprint density at radius 3 is 2.50 bits per heavy atom. The number of halogens is 2. The largest absolute Gasteiger partial charge is 0.332 e. The van der Waals surface area contributed by atoms with E-state index in [1.807, 2.05) is 18.4 Å². The molecular weight excluding hydrogens is 334 g/mol. The van der Waals surface area contributed by atoms with Gasteiger partial charge in [0.15, 0.2) is 11.6 Å². The predicted molar refractivity (Wildman–Crippen MR) is 90.2 cm³/mol. The number of amides is 2. The van der Waals surface area contributed by atoms with Gasteiger partial charge in [-0.1, -0.05) is 12.1 Å². The molecule has 0 atom stereocenters. The van der Waals surface area contributed by atoms with E-state index in [0.29, 0.717) is 5.69 Å². The fourth-order valence-corrected chi connectivity index (χ4v) is 2.63. The number of thioether (sulfide) groups is 1. The molecule has 0 saturated carbocycles. The van der Waals surface area contributed by atoms with Gasteiger partial charge in [0.05, 0.1) is 12.2 Å². The van der Waals surface area contributed by atoms with Crippen LogP contribution in [-0.4, -0.2) is 36.6 Å². The number of nitrogens with zero attached hydrogens (tertiary/aromatic N) is 1. The Bertz CT molecular complexity index is 768. The maximum Gasteiger partial charge on any atom is 0.254 e. The Hall–Kier alpha value is -2.41. The summed E-state index contributed by atoms with van der Waals surface area (Å²) < 4.78 is 26.1. The maximum atomic E-state index is 13.2. The van der Waals surface area contributed by atoms with Gasteiger partial charge in [-0.15, -0.1) is 11.8 Å². The van der Waals surface area contributed by atoms with Gasteiger partial charge in [-0.3, -0.25) is 9.59 Å².